The molecule has 6 heteroatoms. The molecule has 0 spiro atoms. The molecule has 0 aliphatic carbocycles. The number of rotatable bonds is 5. The normalized spacial score (nSPS) is 11.4. The van der Waals surface area contributed by atoms with E-state index in [0.717, 1.165) is 21.5 Å². The van der Waals surface area contributed by atoms with Gasteiger partial charge in [-0.25, -0.2) is 0 Å². The summed E-state index contributed by atoms with van der Waals surface area (Å²) >= 11 is 7.51. The van der Waals surface area contributed by atoms with Gasteiger partial charge in [-0.15, -0.1) is 10.2 Å². The molecule has 1 aromatic heterocycles. The van der Waals surface area contributed by atoms with Crippen molar-refractivity contribution in [1.29, 1.82) is 0 Å². The van der Waals surface area contributed by atoms with Gasteiger partial charge in [0.1, 0.15) is 6.33 Å². The molecule has 2 aromatic carbocycles. The first-order valence-corrected chi connectivity index (χ1v) is 9.29. The predicted octanol–water partition coefficient (Wildman–Crippen LogP) is 5.03. The number of halogens is 1. The highest BCUT2D eigenvalue weighted by Gasteiger charge is 2.06. The molecular formula is C19H19ClN4S. The summed E-state index contributed by atoms with van der Waals surface area (Å²) in [5.41, 5.74) is 6.00. The Balaban J connectivity index is 1.74. The summed E-state index contributed by atoms with van der Waals surface area (Å²) in [6.45, 7) is 6.31. The van der Waals surface area contributed by atoms with Crippen molar-refractivity contribution in [2.24, 2.45) is 5.10 Å². The van der Waals surface area contributed by atoms with Crippen molar-refractivity contribution < 1.29 is 0 Å². The molecule has 0 fully saturated rings. The largest absolute Gasteiger partial charge is 0.212 e. The Morgan fingerprint density at radius 2 is 1.80 bits per heavy atom. The van der Waals surface area contributed by atoms with Crippen LogP contribution in [0, 0.1) is 20.8 Å². The Kier molecular flexibility index (Phi) is 5.56. The molecule has 1 heterocycles. The number of aryl methyl sites for hydroxylation is 3. The van der Waals surface area contributed by atoms with Crippen molar-refractivity contribution in [2.45, 2.75) is 31.7 Å². The Hall–Kier alpha value is -2.11. The molecule has 0 amide bonds. The van der Waals surface area contributed by atoms with Gasteiger partial charge in [-0.2, -0.15) is 9.78 Å². The number of nitrogens with zero attached hydrogens (tertiary/aromatic N) is 4. The van der Waals surface area contributed by atoms with Crippen molar-refractivity contribution in [1.82, 2.24) is 14.9 Å². The average Bonchev–Trinajstić information content (AvgIpc) is 3.01. The van der Waals surface area contributed by atoms with Crippen molar-refractivity contribution in [3.63, 3.8) is 0 Å². The standard InChI is InChI=1S/C19H19ClN4S/c1-13-8-14(2)18(15(3)9-13)10-22-24-12-21-23-19(24)25-11-16-4-6-17(20)7-5-16/h4-10,12H,11H2,1-3H3/b22-10+. The van der Waals surface area contributed by atoms with E-state index in [1.54, 1.807) is 22.8 Å². The molecule has 0 atom stereocenters. The summed E-state index contributed by atoms with van der Waals surface area (Å²) < 4.78 is 1.71. The summed E-state index contributed by atoms with van der Waals surface area (Å²) in [6.07, 6.45) is 3.50. The zero-order valence-corrected chi connectivity index (χ0v) is 16.0. The minimum atomic E-state index is 0.741. The van der Waals surface area contributed by atoms with Crippen LogP contribution in [0.15, 0.2) is 53.0 Å². The number of hydrogen-bond acceptors (Lipinski definition) is 4. The Morgan fingerprint density at radius 1 is 1.12 bits per heavy atom. The zero-order chi connectivity index (χ0) is 17.8. The predicted molar refractivity (Wildman–Crippen MR) is 105 cm³/mol. The number of benzene rings is 2. The maximum absolute atomic E-state index is 5.92. The van der Waals surface area contributed by atoms with E-state index in [0.29, 0.717) is 0 Å². The Labute approximate surface area is 156 Å². The second kappa shape index (κ2) is 7.85. The lowest BCUT2D eigenvalue weighted by Gasteiger charge is -2.07. The molecule has 0 unspecified atom stereocenters. The van der Waals surface area contributed by atoms with Crippen molar-refractivity contribution in [3.05, 3.63) is 75.6 Å². The second-order valence-corrected chi connectivity index (χ2v) is 7.31. The van der Waals surface area contributed by atoms with E-state index in [2.05, 4.69) is 48.2 Å². The maximum atomic E-state index is 5.92. The van der Waals surface area contributed by atoms with E-state index >= 15 is 0 Å². The van der Waals surface area contributed by atoms with Gasteiger partial charge in [0.2, 0.25) is 5.16 Å². The van der Waals surface area contributed by atoms with Gasteiger partial charge in [-0.05, 0) is 49.6 Å². The van der Waals surface area contributed by atoms with E-state index in [1.807, 2.05) is 30.5 Å². The molecular weight excluding hydrogens is 352 g/mol. The molecule has 0 bridgehead atoms. The van der Waals surface area contributed by atoms with Crippen LogP contribution in [-0.4, -0.2) is 21.1 Å². The van der Waals surface area contributed by atoms with Crippen molar-refractivity contribution in [3.8, 4) is 0 Å². The van der Waals surface area contributed by atoms with Crippen molar-refractivity contribution >= 4 is 29.6 Å². The number of thioether (sulfide) groups is 1. The topological polar surface area (TPSA) is 43.1 Å². The molecule has 4 nitrogen and oxygen atoms in total. The van der Waals surface area contributed by atoms with Gasteiger partial charge in [0.05, 0.1) is 6.21 Å². The first kappa shape index (κ1) is 17.7. The molecule has 25 heavy (non-hydrogen) atoms. The van der Waals surface area contributed by atoms with Gasteiger partial charge in [0.25, 0.3) is 0 Å². The van der Waals surface area contributed by atoms with Gasteiger partial charge in [-0.1, -0.05) is 53.2 Å². The van der Waals surface area contributed by atoms with Crippen LogP contribution in [0.3, 0.4) is 0 Å². The van der Waals surface area contributed by atoms with E-state index in [9.17, 15) is 0 Å². The first-order chi connectivity index (χ1) is 12.0. The van der Waals surface area contributed by atoms with Crippen LogP contribution in [-0.2, 0) is 5.75 Å². The third-order valence-corrected chi connectivity index (χ3v) is 5.09. The molecule has 128 valence electrons. The lowest BCUT2D eigenvalue weighted by atomic mass is 10.0. The smallest absolute Gasteiger partial charge is 0.195 e. The van der Waals surface area contributed by atoms with Gasteiger partial charge in [0.15, 0.2) is 0 Å². The average molecular weight is 371 g/mol. The fourth-order valence-electron chi connectivity index (χ4n) is 2.64. The maximum Gasteiger partial charge on any atom is 0.212 e. The van der Waals surface area contributed by atoms with Crippen LogP contribution >= 0.6 is 23.4 Å². The minimum Gasteiger partial charge on any atom is -0.195 e. The molecule has 3 aromatic rings. The van der Waals surface area contributed by atoms with Crippen LogP contribution in [0.25, 0.3) is 0 Å². The minimum absolute atomic E-state index is 0.741. The lowest BCUT2D eigenvalue weighted by molar-refractivity contribution is 0.766. The highest BCUT2D eigenvalue weighted by atomic mass is 35.5. The molecule has 0 radical (unpaired) electrons. The van der Waals surface area contributed by atoms with Crippen molar-refractivity contribution in [2.75, 3.05) is 0 Å². The first-order valence-electron chi connectivity index (χ1n) is 7.92. The van der Waals surface area contributed by atoms with E-state index in [-0.39, 0.29) is 0 Å². The fraction of sp³-hybridized carbons (Fsp3) is 0.211. The summed E-state index contributed by atoms with van der Waals surface area (Å²) in [4.78, 5) is 0. The summed E-state index contributed by atoms with van der Waals surface area (Å²) in [5, 5.41) is 14.2. The molecule has 0 aliphatic heterocycles. The van der Waals surface area contributed by atoms with Crippen LogP contribution in [0.2, 0.25) is 5.02 Å². The third kappa shape index (κ3) is 4.50. The number of aromatic nitrogens is 3. The quantitative estimate of drug-likeness (QED) is 0.467. The van der Waals surface area contributed by atoms with E-state index in [4.69, 9.17) is 11.6 Å². The van der Waals surface area contributed by atoms with E-state index < -0.39 is 0 Å². The monoisotopic (exact) mass is 370 g/mol. The lowest BCUT2D eigenvalue weighted by Crippen LogP contribution is -1.97. The zero-order valence-electron chi connectivity index (χ0n) is 14.4. The summed E-state index contributed by atoms with van der Waals surface area (Å²) in [7, 11) is 0. The SMILES string of the molecule is Cc1cc(C)c(/C=N/n2cnnc2SCc2ccc(Cl)cc2)c(C)c1. The summed E-state index contributed by atoms with van der Waals surface area (Å²) in [6, 6.07) is 12.1. The molecule has 3 rings (SSSR count). The van der Waals surface area contributed by atoms with Crippen LogP contribution in [0.4, 0.5) is 0 Å². The Bertz CT molecular complexity index is 877. The van der Waals surface area contributed by atoms with Gasteiger partial charge in [-0.3, -0.25) is 0 Å². The van der Waals surface area contributed by atoms with Crippen LogP contribution in [0.1, 0.15) is 27.8 Å². The third-order valence-electron chi connectivity index (χ3n) is 3.83. The van der Waals surface area contributed by atoms with Gasteiger partial charge < -0.3 is 0 Å². The van der Waals surface area contributed by atoms with E-state index in [1.165, 1.54) is 22.3 Å². The van der Waals surface area contributed by atoms with Crippen LogP contribution < -0.4 is 0 Å². The molecule has 0 N–H and O–H groups in total. The fourth-order valence-corrected chi connectivity index (χ4v) is 3.58. The molecule has 0 saturated carbocycles. The highest BCUT2D eigenvalue weighted by Crippen LogP contribution is 2.22. The molecule has 0 aliphatic rings. The highest BCUT2D eigenvalue weighted by molar-refractivity contribution is 7.98. The number of hydrogen-bond donors (Lipinski definition) is 0. The van der Waals surface area contributed by atoms with Gasteiger partial charge in [0, 0.05) is 16.3 Å². The Morgan fingerprint density at radius 3 is 2.48 bits per heavy atom. The second-order valence-electron chi connectivity index (χ2n) is 5.93. The van der Waals surface area contributed by atoms with Crippen LogP contribution in [0.5, 0.6) is 0 Å². The molecule has 0 saturated heterocycles. The summed E-state index contributed by atoms with van der Waals surface area (Å²) in [5.74, 6) is 0.786. The van der Waals surface area contributed by atoms with Gasteiger partial charge >= 0.3 is 0 Å².